The van der Waals surface area contributed by atoms with Crippen LogP contribution in [0.3, 0.4) is 0 Å². The summed E-state index contributed by atoms with van der Waals surface area (Å²) in [5.41, 5.74) is 4.27. The smallest absolute Gasteiger partial charge is 0.0697 e. The number of rotatable bonds is 4. The summed E-state index contributed by atoms with van der Waals surface area (Å²) in [5, 5.41) is 19.2. The molecule has 0 amide bonds. The molecule has 6 aromatic rings. The molecular weight excluding hydrogens is 689 g/mol. The first-order valence-electron chi connectivity index (χ1n) is 12.0. The molecule has 0 spiro atoms. The van der Waals surface area contributed by atoms with E-state index in [1.807, 2.05) is 84.9 Å². The SMILES string of the molecule is CC(O)CC(C)O.[Ir].[c-]1ccccc1-c1nc2ccccc2s1.[c-]1ccccc1-c1nc2ccccc2s1. The van der Waals surface area contributed by atoms with E-state index in [-0.39, 0.29) is 32.3 Å². The Morgan fingerprint density at radius 2 is 1.03 bits per heavy atom. The van der Waals surface area contributed by atoms with Crippen molar-refractivity contribution in [3.05, 3.63) is 109 Å². The van der Waals surface area contributed by atoms with Crippen molar-refractivity contribution in [2.75, 3.05) is 0 Å². The van der Waals surface area contributed by atoms with Crippen LogP contribution in [0.5, 0.6) is 0 Å². The Morgan fingerprint density at radius 3 is 1.34 bits per heavy atom. The third-order valence-corrected chi connectivity index (χ3v) is 7.29. The van der Waals surface area contributed by atoms with Crippen LogP contribution in [0.1, 0.15) is 20.3 Å². The number of hydrogen-bond acceptors (Lipinski definition) is 6. The standard InChI is InChI=1S/2C13H8NS.C5H12O2.Ir/c2*1-2-6-10(7-3-1)13-14-11-8-4-5-9-12(11)15-13;1-4(6)3-5(2)7;/h2*1-6,8-9H;4-7H,3H2,1-2H3;/q2*-1;;. The second-order valence-electron chi connectivity index (χ2n) is 8.46. The first kappa shape index (κ1) is 29.8. The van der Waals surface area contributed by atoms with Crippen LogP contribution in [0, 0.1) is 12.1 Å². The minimum Gasteiger partial charge on any atom is -0.393 e. The van der Waals surface area contributed by atoms with E-state index >= 15 is 0 Å². The number of aromatic nitrogens is 2. The molecule has 0 saturated heterocycles. The molecular formula is C31H28IrN2O2S2-2. The van der Waals surface area contributed by atoms with Crippen LogP contribution in [0.2, 0.25) is 0 Å². The molecule has 0 bridgehead atoms. The zero-order valence-corrected chi connectivity index (χ0v) is 25.1. The summed E-state index contributed by atoms with van der Waals surface area (Å²) in [5.74, 6) is 0. The van der Waals surface area contributed by atoms with Gasteiger partial charge in [-0.05, 0) is 44.5 Å². The van der Waals surface area contributed by atoms with Crippen molar-refractivity contribution in [3.8, 4) is 21.1 Å². The summed E-state index contributed by atoms with van der Waals surface area (Å²) in [6.45, 7) is 3.32. The predicted molar refractivity (Wildman–Crippen MR) is 156 cm³/mol. The van der Waals surface area contributed by atoms with Crippen LogP contribution in [0.25, 0.3) is 41.6 Å². The van der Waals surface area contributed by atoms with E-state index in [4.69, 9.17) is 10.2 Å². The Hall–Kier alpha value is -2.77. The molecule has 2 atom stereocenters. The molecule has 2 N–H and O–H groups in total. The van der Waals surface area contributed by atoms with Gasteiger partial charge in [0.25, 0.3) is 0 Å². The summed E-state index contributed by atoms with van der Waals surface area (Å²) in [6.07, 6.45) is -0.278. The van der Waals surface area contributed by atoms with Gasteiger partial charge in [0, 0.05) is 39.5 Å². The van der Waals surface area contributed by atoms with Gasteiger partial charge in [0.15, 0.2) is 0 Å². The van der Waals surface area contributed by atoms with Gasteiger partial charge < -0.3 is 10.2 Å². The minimum absolute atomic E-state index is 0. The molecule has 4 nitrogen and oxygen atoms in total. The van der Waals surface area contributed by atoms with E-state index in [9.17, 15) is 0 Å². The molecule has 0 aliphatic rings. The van der Waals surface area contributed by atoms with Gasteiger partial charge in [-0.2, -0.15) is 22.7 Å². The number of aliphatic hydroxyl groups excluding tert-OH is 2. The Bertz CT molecular complexity index is 1340. The number of aliphatic hydroxyl groups is 2. The molecule has 0 saturated carbocycles. The molecule has 4 aromatic carbocycles. The summed E-state index contributed by atoms with van der Waals surface area (Å²) in [4.78, 5) is 9.14. The van der Waals surface area contributed by atoms with E-state index in [0.29, 0.717) is 6.42 Å². The fourth-order valence-electron chi connectivity index (χ4n) is 3.52. The first-order chi connectivity index (χ1) is 18.0. The maximum Gasteiger partial charge on any atom is 0.0697 e. The van der Waals surface area contributed by atoms with Crippen molar-refractivity contribution in [1.82, 2.24) is 9.97 Å². The third kappa shape index (κ3) is 8.63. The van der Waals surface area contributed by atoms with Gasteiger partial charge in [0.1, 0.15) is 0 Å². The fraction of sp³-hybridized carbons (Fsp3) is 0.161. The largest absolute Gasteiger partial charge is 0.393 e. The van der Waals surface area contributed by atoms with Crippen molar-refractivity contribution < 1.29 is 30.3 Å². The average molecular weight is 717 g/mol. The Labute approximate surface area is 245 Å². The second-order valence-corrected chi connectivity index (χ2v) is 10.5. The Balaban J connectivity index is 0.000000167. The summed E-state index contributed by atoms with van der Waals surface area (Å²) >= 11 is 3.42. The molecule has 38 heavy (non-hydrogen) atoms. The van der Waals surface area contributed by atoms with Gasteiger partial charge in [-0.1, -0.05) is 24.3 Å². The normalized spacial score (nSPS) is 11.9. The van der Waals surface area contributed by atoms with E-state index in [0.717, 1.165) is 32.2 Å². The number of para-hydroxylation sites is 2. The molecule has 2 aromatic heterocycles. The minimum atomic E-state index is -0.375. The predicted octanol–water partition coefficient (Wildman–Crippen LogP) is 7.66. The summed E-state index contributed by atoms with van der Waals surface area (Å²) in [7, 11) is 0. The Kier molecular flexibility index (Phi) is 11.7. The molecule has 7 heteroatoms. The number of benzene rings is 4. The van der Waals surface area contributed by atoms with Gasteiger partial charge in [0.2, 0.25) is 0 Å². The number of thiazole rings is 2. The molecule has 197 valence electrons. The number of fused-ring (bicyclic) bond motifs is 2. The summed E-state index contributed by atoms with van der Waals surface area (Å²) in [6, 6.07) is 38.6. The second kappa shape index (κ2) is 15.0. The van der Waals surface area contributed by atoms with Crippen molar-refractivity contribution >= 4 is 43.1 Å². The van der Waals surface area contributed by atoms with Gasteiger partial charge in [-0.3, -0.25) is 9.97 Å². The molecule has 2 heterocycles. The maximum absolute atomic E-state index is 8.56. The molecule has 6 rings (SSSR count). The van der Waals surface area contributed by atoms with Gasteiger partial charge >= 0.3 is 0 Å². The number of nitrogens with zero attached hydrogens (tertiary/aromatic N) is 2. The molecule has 0 fully saturated rings. The van der Waals surface area contributed by atoms with Gasteiger partial charge in [-0.15, -0.1) is 71.8 Å². The molecule has 2 unspecified atom stereocenters. The molecule has 1 radical (unpaired) electrons. The molecule has 0 aliphatic heterocycles. The fourth-order valence-corrected chi connectivity index (χ4v) is 5.43. The van der Waals surface area contributed by atoms with Crippen LogP contribution >= 0.6 is 22.7 Å². The van der Waals surface area contributed by atoms with Crippen LogP contribution in [0.4, 0.5) is 0 Å². The van der Waals surface area contributed by atoms with E-state index in [1.54, 1.807) is 36.5 Å². The first-order valence-corrected chi connectivity index (χ1v) is 13.6. The number of hydrogen-bond donors (Lipinski definition) is 2. The topological polar surface area (TPSA) is 66.2 Å². The maximum atomic E-state index is 8.56. The van der Waals surface area contributed by atoms with Gasteiger partial charge in [0.05, 0.1) is 23.2 Å². The summed E-state index contributed by atoms with van der Waals surface area (Å²) < 4.78 is 2.45. The molecule has 0 aliphatic carbocycles. The van der Waals surface area contributed by atoms with Crippen LogP contribution in [-0.2, 0) is 20.1 Å². The van der Waals surface area contributed by atoms with Crippen LogP contribution < -0.4 is 0 Å². The van der Waals surface area contributed by atoms with E-state index in [1.165, 1.54) is 9.40 Å². The van der Waals surface area contributed by atoms with E-state index < -0.39 is 0 Å². The Morgan fingerprint density at radius 1 is 0.632 bits per heavy atom. The zero-order chi connectivity index (χ0) is 26.0. The van der Waals surface area contributed by atoms with Crippen LogP contribution in [-0.4, -0.2) is 32.4 Å². The van der Waals surface area contributed by atoms with Crippen molar-refractivity contribution in [2.45, 2.75) is 32.5 Å². The zero-order valence-electron chi connectivity index (χ0n) is 21.0. The van der Waals surface area contributed by atoms with Crippen molar-refractivity contribution in [3.63, 3.8) is 0 Å². The van der Waals surface area contributed by atoms with Crippen LogP contribution in [0.15, 0.2) is 97.1 Å². The quantitative estimate of drug-likeness (QED) is 0.184. The van der Waals surface area contributed by atoms with E-state index in [2.05, 4.69) is 34.2 Å². The average Bonchev–Trinajstić information content (AvgIpc) is 3.54. The third-order valence-electron chi connectivity index (χ3n) is 5.15. The van der Waals surface area contributed by atoms with Crippen molar-refractivity contribution in [2.24, 2.45) is 0 Å². The van der Waals surface area contributed by atoms with Crippen molar-refractivity contribution in [1.29, 1.82) is 0 Å². The monoisotopic (exact) mass is 717 g/mol. The van der Waals surface area contributed by atoms with Gasteiger partial charge in [-0.25, -0.2) is 0 Å².